The number of nitrogens with one attached hydrogen (secondary N) is 1. The summed E-state index contributed by atoms with van der Waals surface area (Å²) >= 11 is 0. The minimum Gasteiger partial charge on any atom is -0.373 e. The van der Waals surface area contributed by atoms with Crippen LogP contribution in [0.25, 0.3) is 0 Å². The molecule has 0 aromatic rings. The van der Waals surface area contributed by atoms with Gasteiger partial charge in [-0.2, -0.15) is 0 Å². The molecule has 2 heterocycles. The molecule has 2 aliphatic heterocycles. The second kappa shape index (κ2) is 4.20. The van der Waals surface area contributed by atoms with Gasteiger partial charge < -0.3 is 9.64 Å². The van der Waals surface area contributed by atoms with Crippen LogP contribution in [-0.4, -0.2) is 47.2 Å². The van der Waals surface area contributed by atoms with E-state index in [0.29, 0.717) is 17.9 Å². The fraction of sp³-hybridized carbons (Fsp3) is 0.938. The third kappa shape index (κ3) is 1.58. The van der Waals surface area contributed by atoms with Crippen molar-refractivity contribution in [3.05, 3.63) is 0 Å². The lowest BCUT2D eigenvalue weighted by molar-refractivity contribution is -0.140. The van der Waals surface area contributed by atoms with Crippen molar-refractivity contribution in [3.8, 4) is 0 Å². The van der Waals surface area contributed by atoms with Crippen LogP contribution in [0.4, 0.5) is 0 Å². The second-order valence-electron chi connectivity index (χ2n) is 7.50. The van der Waals surface area contributed by atoms with Crippen LogP contribution in [-0.2, 0) is 9.53 Å². The molecule has 1 unspecified atom stereocenters. The number of nitrogens with zero attached hydrogens (tertiary/aromatic N) is 1. The molecule has 112 valence electrons. The topological polar surface area (TPSA) is 41.6 Å². The molecule has 1 N–H and O–H groups in total. The highest BCUT2D eigenvalue weighted by atomic mass is 16.5. The summed E-state index contributed by atoms with van der Waals surface area (Å²) in [5.41, 5.74) is 0.226. The molecule has 2 aliphatic carbocycles. The Balaban J connectivity index is 1.50. The van der Waals surface area contributed by atoms with Crippen LogP contribution in [0.5, 0.6) is 0 Å². The summed E-state index contributed by atoms with van der Waals surface area (Å²) in [6, 6.07) is 0.340. The third-order valence-electron chi connectivity index (χ3n) is 6.17. The van der Waals surface area contributed by atoms with E-state index in [1.807, 2.05) is 4.90 Å². The Hall–Kier alpha value is -0.610. The van der Waals surface area contributed by atoms with Crippen molar-refractivity contribution in [1.82, 2.24) is 10.2 Å². The van der Waals surface area contributed by atoms with Gasteiger partial charge in [-0.25, -0.2) is 0 Å². The summed E-state index contributed by atoms with van der Waals surface area (Å²) in [5.74, 6) is 0.970. The molecule has 1 amide bonds. The molecule has 2 saturated carbocycles. The van der Waals surface area contributed by atoms with Crippen LogP contribution < -0.4 is 5.32 Å². The fourth-order valence-electron chi connectivity index (χ4n) is 4.73. The number of fused-ring (bicyclic) bond motifs is 2. The van der Waals surface area contributed by atoms with Crippen LogP contribution in [0.2, 0.25) is 0 Å². The van der Waals surface area contributed by atoms with Gasteiger partial charge in [0.2, 0.25) is 5.91 Å². The summed E-state index contributed by atoms with van der Waals surface area (Å²) in [7, 11) is 0. The van der Waals surface area contributed by atoms with Gasteiger partial charge in [-0.1, -0.05) is 0 Å². The molecule has 0 radical (unpaired) electrons. The summed E-state index contributed by atoms with van der Waals surface area (Å²) in [6.07, 6.45) is 6.99. The Bertz CT molecular complexity index is 432. The summed E-state index contributed by atoms with van der Waals surface area (Å²) in [5, 5.41) is 3.78. The molecular formula is C16H26N2O2. The van der Waals surface area contributed by atoms with Crippen LogP contribution in [0.1, 0.15) is 52.4 Å². The van der Waals surface area contributed by atoms with E-state index in [1.165, 1.54) is 25.7 Å². The number of hydrogen-bond acceptors (Lipinski definition) is 3. The molecule has 0 bridgehead atoms. The van der Waals surface area contributed by atoms with E-state index in [9.17, 15) is 4.79 Å². The zero-order chi connectivity index (χ0) is 14.0. The molecule has 4 fully saturated rings. The summed E-state index contributed by atoms with van der Waals surface area (Å²) in [4.78, 5) is 14.7. The van der Waals surface area contributed by atoms with E-state index in [4.69, 9.17) is 4.74 Å². The lowest BCUT2D eigenvalue weighted by atomic mass is 9.72. The fourth-order valence-corrected chi connectivity index (χ4v) is 4.73. The highest BCUT2D eigenvalue weighted by Gasteiger charge is 2.74. The van der Waals surface area contributed by atoms with Crippen molar-refractivity contribution < 1.29 is 9.53 Å². The number of hydrogen-bond donors (Lipinski definition) is 1. The summed E-state index contributed by atoms with van der Waals surface area (Å²) < 4.78 is 6.11. The first kappa shape index (κ1) is 13.1. The molecule has 2 saturated heterocycles. The minimum atomic E-state index is 0.0234. The average molecular weight is 278 g/mol. The van der Waals surface area contributed by atoms with E-state index >= 15 is 0 Å². The molecule has 4 rings (SSSR count). The normalized spacial score (nSPS) is 42.0. The minimum absolute atomic E-state index is 0.0234. The first-order valence-corrected chi connectivity index (χ1v) is 8.30. The van der Waals surface area contributed by atoms with Gasteiger partial charge in [0, 0.05) is 18.5 Å². The molecule has 20 heavy (non-hydrogen) atoms. The van der Waals surface area contributed by atoms with Crippen LogP contribution >= 0.6 is 0 Å². The maximum atomic E-state index is 12.7. The van der Waals surface area contributed by atoms with Crippen molar-refractivity contribution >= 4 is 5.91 Å². The molecule has 1 spiro atoms. The smallest absolute Gasteiger partial charge is 0.239 e. The van der Waals surface area contributed by atoms with Crippen LogP contribution in [0.15, 0.2) is 0 Å². The Kier molecular flexibility index (Phi) is 2.75. The first-order valence-electron chi connectivity index (χ1n) is 8.30. The maximum absolute atomic E-state index is 12.7. The number of carbonyl (C=O) groups excluding carboxylic acids is 1. The van der Waals surface area contributed by atoms with E-state index in [0.717, 1.165) is 26.0 Å². The molecule has 4 nitrogen and oxygen atoms in total. The Labute approximate surface area is 121 Å². The highest BCUT2D eigenvalue weighted by molar-refractivity contribution is 5.83. The van der Waals surface area contributed by atoms with Crippen molar-refractivity contribution in [2.75, 3.05) is 13.2 Å². The molecule has 0 aromatic carbocycles. The number of piperidine rings is 1. The van der Waals surface area contributed by atoms with Crippen molar-refractivity contribution in [3.63, 3.8) is 0 Å². The molecular weight excluding hydrogens is 252 g/mol. The zero-order valence-corrected chi connectivity index (χ0v) is 12.7. The standard InChI is InChI=1S/C16H26N2O2/c1-11(2)18-8-3-5-13(14(18)19)17-16-9-12(16)10-20-15(16)6-4-7-15/h11-13,17H,3-10H2,1-2H3/t12-,13?,16+/m0/s1. The maximum Gasteiger partial charge on any atom is 0.239 e. The predicted molar refractivity (Wildman–Crippen MR) is 76.4 cm³/mol. The highest BCUT2D eigenvalue weighted by Crippen LogP contribution is 2.64. The monoisotopic (exact) mass is 278 g/mol. The predicted octanol–water partition coefficient (Wildman–Crippen LogP) is 1.69. The quantitative estimate of drug-likeness (QED) is 0.854. The second-order valence-corrected chi connectivity index (χ2v) is 7.50. The van der Waals surface area contributed by atoms with E-state index < -0.39 is 0 Å². The Morgan fingerprint density at radius 3 is 2.75 bits per heavy atom. The molecule has 4 heteroatoms. The van der Waals surface area contributed by atoms with E-state index in [1.54, 1.807) is 0 Å². The number of carbonyl (C=O) groups is 1. The number of likely N-dealkylation sites (tertiary alicyclic amines) is 1. The van der Waals surface area contributed by atoms with E-state index in [-0.39, 0.29) is 17.2 Å². The van der Waals surface area contributed by atoms with Crippen molar-refractivity contribution in [2.24, 2.45) is 5.92 Å². The molecule has 4 aliphatic rings. The lowest BCUT2D eigenvalue weighted by Crippen LogP contribution is -2.63. The van der Waals surface area contributed by atoms with Gasteiger partial charge in [0.05, 0.1) is 23.8 Å². The Morgan fingerprint density at radius 1 is 1.35 bits per heavy atom. The van der Waals surface area contributed by atoms with E-state index in [2.05, 4.69) is 19.2 Å². The number of ether oxygens (including phenoxy) is 1. The molecule has 0 aromatic heterocycles. The van der Waals surface area contributed by atoms with Gasteiger partial charge in [-0.05, 0) is 52.4 Å². The summed E-state index contributed by atoms with van der Waals surface area (Å²) in [6.45, 7) is 6.06. The van der Waals surface area contributed by atoms with Crippen molar-refractivity contribution in [2.45, 2.75) is 75.6 Å². The van der Waals surface area contributed by atoms with Gasteiger partial charge in [0.25, 0.3) is 0 Å². The zero-order valence-electron chi connectivity index (χ0n) is 12.7. The SMILES string of the molecule is CC(C)N1CCCC(N[C@]23C[C@H]2COC32CCC2)C1=O. The van der Waals surface area contributed by atoms with Gasteiger partial charge in [0.15, 0.2) is 0 Å². The van der Waals surface area contributed by atoms with Crippen LogP contribution in [0.3, 0.4) is 0 Å². The number of rotatable bonds is 3. The first-order chi connectivity index (χ1) is 9.58. The van der Waals surface area contributed by atoms with Gasteiger partial charge in [-0.3, -0.25) is 10.1 Å². The average Bonchev–Trinajstić information content (AvgIpc) is 2.97. The van der Waals surface area contributed by atoms with Crippen molar-refractivity contribution in [1.29, 1.82) is 0 Å². The Morgan fingerprint density at radius 2 is 2.15 bits per heavy atom. The number of amides is 1. The molecule has 3 atom stereocenters. The van der Waals surface area contributed by atoms with Gasteiger partial charge in [0.1, 0.15) is 0 Å². The third-order valence-corrected chi connectivity index (χ3v) is 6.17. The van der Waals surface area contributed by atoms with Gasteiger partial charge >= 0.3 is 0 Å². The largest absolute Gasteiger partial charge is 0.373 e. The van der Waals surface area contributed by atoms with Gasteiger partial charge in [-0.15, -0.1) is 0 Å². The lowest BCUT2D eigenvalue weighted by Gasteiger charge is -2.47. The van der Waals surface area contributed by atoms with Crippen LogP contribution in [0, 0.1) is 5.92 Å².